The van der Waals surface area contributed by atoms with Crippen molar-refractivity contribution >= 4 is 17.7 Å². The van der Waals surface area contributed by atoms with E-state index >= 15 is 0 Å². The van der Waals surface area contributed by atoms with Crippen LogP contribution in [0.25, 0.3) is 0 Å². The van der Waals surface area contributed by atoms with Gasteiger partial charge in [0.25, 0.3) is 0 Å². The van der Waals surface area contributed by atoms with Gasteiger partial charge in [0.05, 0.1) is 12.2 Å². The number of aromatic nitrogens is 2. The van der Waals surface area contributed by atoms with E-state index < -0.39 is 0 Å². The number of nitrogens with zero attached hydrogens (tertiary/aromatic N) is 2. The quantitative estimate of drug-likeness (QED) is 0.761. The van der Waals surface area contributed by atoms with Crippen LogP contribution in [0.5, 0.6) is 0 Å². The van der Waals surface area contributed by atoms with Crippen molar-refractivity contribution in [2.75, 3.05) is 18.2 Å². The molecular formula is C10H16N4OS. The van der Waals surface area contributed by atoms with Gasteiger partial charge in [0.2, 0.25) is 5.91 Å². The SMILES string of the molecule is Cn1cc(CCNC(=O)C2CSCN2)cn1. The summed E-state index contributed by atoms with van der Waals surface area (Å²) in [5.41, 5.74) is 1.15. The molecule has 1 fully saturated rings. The van der Waals surface area contributed by atoms with Gasteiger partial charge in [-0.05, 0) is 12.0 Å². The topological polar surface area (TPSA) is 59.0 Å². The number of nitrogens with one attached hydrogen (secondary N) is 2. The van der Waals surface area contributed by atoms with Crippen LogP contribution in [0.1, 0.15) is 5.56 Å². The smallest absolute Gasteiger partial charge is 0.238 e. The van der Waals surface area contributed by atoms with E-state index in [-0.39, 0.29) is 11.9 Å². The molecule has 5 nitrogen and oxygen atoms in total. The van der Waals surface area contributed by atoms with Gasteiger partial charge in [-0.1, -0.05) is 0 Å². The molecule has 0 aliphatic carbocycles. The van der Waals surface area contributed by atoms with Crippen LogP contribution in [-0.4, -0.2) is 39.9 Å². The number of rotatable bonds is 4. The maximum Gasteiger partial charge on any atom is 0.238 e. The highest BCUT2D eigenvalue weighted by Gasteiger charge is 2.21. The highest BCUT2D eigenvalue weighted by Crippen LogP contribution is 2.09. The molecule has 0 aromatic carbocycles. The number of thioether (sulfide) groups is 1. The van der Waals surface area contributed by atoms with Crippen LogP contribution in [0.15, 0.2) is 12.4 Å². The summed E-state index contributed by atoms with van der Waals surface area (Å²) < 4.78 is 1.77. The van der Waals surface area contributed by atoms with Gasteiger partial charge >= 0.3 is 0 Å². The Morgan fingerprint density at radius 2 is 2.69 bits per heavy atom. The lowest BCUT2D eigenvalue weighted by atomic mass is 10.2. The van der Waals surface area contributed by atoms with Gasteiger partial charge in [-0.15, -0.1) is 11.8 Å². The molecule has 0 radical (unpaired) electrons. The van der Waals surface area contributed by atoms with Crippen molar-refractivity contribution in [3.8, 4) is 0 Å². The molecule has 1 aliphatic rings. The average Bonchev–Trinajstić information content (AvgIpc) is 2.89. The fourth-order valence-corrected chi connectivity index (χ4v) is 2.56. The van der Waals surface area contributed by atoms with E-state index in [1.54, 1.807) is 16.4 Å². The van der Waals surface area contributed by atoms with Crippen molar-refractivity contribution in [2.45, 2.75) is 12.5 Å². The minimum Gasteiger partial charge on any atom is -0.354 e. The van der Waals surface area contributed by atoms with Crippen molar-refractivity contribution in [3.63, 3.8) is 0 Å². The number of carbonyl (C=O) groups excluding carboxylic acids is 1. The molecular weight excluding hydrogens is 224 g/mol. The molecule has 1 aliphatic heterocycles. The Morgan fingerprint density at radius 3 is 3.31 bits per heavy atom. The molecule has 2 heterocycles. The van der Waals surface area contributed by atoms with Gasteiger partial charge in [-0.3, -0.25) is 14.8 Å². The predicted octanol–water partition coefficient (Wildman–Crippen LogP) is -0.259. The maximum atomic E-state index is 11.6. The van der Waals surface area contributed by atoms with Crippen LogP contribution in [-0.2, 0) is 18.3 Å². The van der Waals surface area contributed by atoms with Crippen molar-refractivity contribution in [1.82, 2.24) is 20.4 Å². The van der Waals surface area contributed by atoms with E-state index in [1.807, 2.05) is 19.4 Å². The largest absolute Gasteiger partial charge is 0.354 e. The first-order valence-corrected chi connectivity index (χ1v) is 6.47. The first kappa shape index (κ1) is 11.5. The highest BCUT2D eigenvalue weighted by atomic mass is 32.2. The van der Waals surface area contributed by atoms with Gasteiger partial charge in [0, 0.05) is 31.4 Å². The van der Waals surface area contributed by atoms with E-state index in [0.29, 0.717) is 6.54 Å². The standard InChI is InChI=1S/C10H16N4OS/c1-14-5-8(4-13-14)2-3-11-10(15)9-6-16-7-12-9/h4-5,9,12H,2-3,6-7H2,1H3,(H,11,15). The third-order valence-corrected chi connectivity index (χ3v) is 3.44. The molecule has 16 heavy (non-hydrogen) atoms. The van der Waals surface area contributed by atoms with Crippen molar-refractivity contribution in [2.24, 2.45) is 7.05 Å². The summed E-state index contributed by atoms with van der Waals surface area (Å²) in [6.07, 6.45) is 4.63. The van der Waals surface area contributed by atoms with Gasteiger partial charge in [-0.2, -0.15) is 5.10 Å². The predicted molar refractivity (Wildman–Crippen MR) is 64.2 cm³/mol. The molecule has 1 saturated heterocycles. The Bertz CT molecular complexity index is 359. The molecule has 0 saturated carbocycles. The van der Waals surface area contributed by atoms with Gasteiger partial charge in [0.15, 0.2) is 0 Å². The Morgan fingerprint density at radius 1 is 1.81 bits per heavy atom. The van der Waals surface area contributed by atoms with Gasteiger partial charge in [0.1, 0.15) is 0 Å². The van der Waals surface area contributed by atoms with E-state index in [4.69, 9.17) is 0 Å². The van der Waals surface area contributed by atoms with Crippen LogP contribution in [0.2, 0.25) is 0 Å². The summed E-state index contributed by atoms with van der Waals surface area (Å²) in [4.78, 5) is 11.6. The summed E-state index contributed by atoms with van der Waals surface area (Å²) in [6.45, 7) is 0.674. The molecule has 1 unspecified atom stereocenters. The van der Waals surface area contributed by atoms with Gasteiger partial charge in [-0.25, -0.2) is 0 Å². The zero-order chi connectivity index (χ0) is 11.4. The second-order valence-corrected chi connectivity index (χ2v) is 4.87. The molecule has 2 N–H and O–H groups in total. The van der Waals surface area contributed by atoms with Crippen molar-refractivity contribution in [3.05, 3.63) is 18.0 Å². The third kappa shape index (κ3) is 2.99. The van der Waals surface area contributed by atoms with E-state index in [9.17, 15) is 4.79 Å². The van der Waals surface area contributed by atoms with E-state index in [2.05, 4.69) is 15.7 Å². The van der Waals surface area contributed by atoms with Crippen LogP contribution in [0.3, 0.4) is 0 Å². The Labute approximate surface area is 99.0 Å². The first-order valence-electron chi connectivity index (χ1n) is 5.32. The molecule has 1 aromatic rings. The molecule has 88 valence electrons. The van der Waals surface area contributed by atoms with Crippen LogP contribution < -0.4 is 10.6 Å². The second-order valence-electron chi connectivity index (χ2n) is 3.84. The summed E-state index contributed by atoms with van der Waals surface area (Å²) >= 11 is 1.76. The molecule has 2 rings (SSSR count). The highest BCUT2D eigenvalue weighted by molar-refractivity contribution is 7.99. The minimum absolute atomic E-state index is 0.0149. The van der Waals surface area contributed by atoms with Crippen LogP contribution in [0, 0.1) is 0 Å². The maximum absolute atomic E-state index is 11.6. The summed E-state index contributed by atoms with van der Waals surface area (Å²) in [6, 6.07) is -0.0149. The molecule has 1 amide bonds. The number of aryl methyl sites for hydroxylation is 1. The molecule has 1 aromatic heterocycles. The number of carbonyl (C=O) groups is 1. The molecule has 6 heteroatoms. The van der Waals surface area contributed by atoms with Crippen molar-refractivity contribution in [1.29, 1.82) is 0 Å². The first-order chi connectivity index (χ1) is 7.75. The average molecular weight is 240 g/mol. The van der Waals surface area contributed by atoms with E-state index in [1.165, 1.54) is 0 Å². The Kier molecular flexibility index (Phi) is 3.84. The fraction of sp³-hybridized carbons (Fsp3) is 0.600. The van der Waals surface area contributed by atoms with E-state index in [0.717, 1.165) is 23.6 Å². The second kappa shape index (κ2) is 5.36. The zero-order valence-corrected chi connectivity index (χ0v) is 10.1. The molecule has 0 spiro atoms. The zero-order valence-electron chi connectivity index (χ0n) is 9.27. The monoisotopic (exact) mass is 240 g/mol. The lowest BCUT2D eigenvalue weighted by Gasteiger charge is -2.09. The lowest BCUT2D eigenvalue weighted by molar-refractivity contribution is -0.122. The third-order valence-electron chi connectivity index (χ3n) is 2.50. The Hall–Kier alpha value is -1.01. The Balaban J connectivity index is 1.69. The summed E-state index contributed by atoms with van der Waals surface area (Å²) in [7, 11) is 1.89. The van der Waals surface area contributed by atoms with Crippen LogP contribution >= 0.6 is 11.8 Å². The lowest BCUT2D eigenvalue weighted by Crippen LogP contribution is -2.42. The normalized spacial score (nSPS) is 19.9. The number of amides is 1. The summed E-state index contributed by atoms with van der Waals surface area (Å²) in [5, 5.41) is 10.2. The minimum atomic E-state index is -0.0149. The summed E-state index contributed by atoms with van der Waals surface area (Å²) in [5.74, 6) is 1.85. The molecule has 1 atom stereocenters. The molecule has 0 bridgehead atoms. The van der Waals surface area contributed by atoms with Crippen molar-refractivity contribution < 1.29 is 4.79 Å². The van der Waals surface area contributed by atoms with Gasteiger partial charge < -0.3 is 5.32 Å². The number of hydrogen-bond acceptors (Lipinski definition) is 4. The fourth-order valence-electron chi connectivity index (χ4n) is 1.62. The van der Waals surface area contributed by atoms with Crippen LogP contribution in [0.4, 0.5) is 0 Å². The number of hydrogen-bond donors (Lipinski definition) is 2.